The Hall–Kier alpha value is -2.36. The van der Waals surface area contributed by atoms with Gasteiger partial charge in [0.1, 0.15) is 0 Å². The third-order valence-electron chi connectivity index (χ3n) is 5.44. The number of hydrogen-bond acceptors (Lipinski definition) is 3. The molecule has 0 spiro atoms. The van der Waals surface area contributed by atoms with Crippen LogP contribution >= 0.6 is 0 Å². The van der Waals surface area contributed by atoms with Crippen molar-refractivity contribution in [3.63, 3.8) is 0 Å². The molecule has 2 saturated carbocycles. The zero-order valence-electron chi connectivity index (χ0n) is 12.9. The summed E-state index contributed by atoms with van der Waals surface area (Å²) in [4.78, 5) is 10.3. The summed E-state index contributed by atoms with van der Waals surface area (Å²) in [6.45, 7) is 0. The largest absolute Gasteiger partial charge is 0.356 e. The second-order valence-electron chi connectivity index (χ2n) is 6.83. The molecule has 2 fully saturated rings. The van der Waals surface area contributed by atoms with E-state index in [2.05, 4.69) is 29.6 Å². The summed E-state index contributed by atoms with van der Waals surface area (Å²) in [5.74, 6) is 2.61. The summed E-state index contributed by atoms with van der Waals surface area (Å²) in [5.41, 5.74) is 3.46. The molecule has 0 amide bonds. The van der Waals surface area contributed by atoms with E-state index in [0.717, 1.165) is 29.1 Å². The van der Waals surface area contributed by atoms with Crippen LogP contribution in [-0.4, -0.2) is 4.92 Å². The van der Waals surface area contributed by atoms with Gasteiger partial charge in [-0.2, -0.15) is 0 Å². The molecule has 2 bridgehead atoms. The lowest BCUT2D eigenvalue weighted by Gasteiger charge is -2.22. The third-order valence-corrected chi connectivity index (χ3v) is 5.44. The SMILES string of the molecule is O=[N+]([O-])c1ccc(Nc2ccc(C3CC4CCC3C4)cc2)cc1. The van der Waals surface area contributed by atoms with Gasteiger partial charge in [0.2, 0.25) is 0 Å². The molecule has 2 aromatic carbocycles. The average molecular weight is 308 g/mol. The molecule has 118 valence electrons. The Kier molecular flexibility index (Phi) is 3.52. The van der Waals surface area contributed by atoms with Crippen LogP contribution in [-0.2, 0) is 0 Å². The van der Waals surface area contributed by atoms with Gasteiger partial charge in [-0.15, -0.1) is 0 Å². The number of fused-ring (bicyclic) bond motifs is 2. The molecular weight excluding hydrogens is 288 g/mol. The molecule has 0 heterocycles. The van der Waals surface area contributed by atoms with Gasteiger partial charge in [-0.3, -0.25) is 10.1 Å². The average Bonchev–Trinajstić information content (AvgIpc) is 3.19. The number of rotatable bonds is 4. The van der Waals surface area contributed by atoms with Gasteiger partial charge in [-0.1, -0.05) is 18.6 Å². The zero-order chi connectivity index (χ0) is 15.8. The molecular formula is C19H20N2O2. The molecule has 2 aliphatic rings. The van der Waals surface area contributed by atoms with Gasteiger partial charge < -0.3 is 5.32 Å². The Morgan fingerprint density at radius 3 is 2.09 bits per heavy atom. The fourth-order valence-electron chi connectivity index (χ4n) is 4.30. The van der Waals surface area contributed by atoms with E-state index in [0.29, 0.717) is 0 Å². The Bertz CT molecular complexity index is 709. The summed E-state index contributed by atoms with van der Waals surface area (Å²) in [6.07, 6.45) is 5.62. The van der Waals surface area contributed by atoms with Gasteiger partial charge in [0.05, 0.1) is 4.92 Å². The lowest BCUT2D eigenvalue weighted by atomic mass is 9.83. The minimum Gasteiger partial charge on any atom is -0.356 e. The molecule has 4 rings (SSSR count). The standard InChI is InChI=1S/C19H20N2O2/c22-21(23)18-9-7-17(8-10-18)20-16-5-3-14(4-6-16)19-12-13-1-2-15(19)11-13/h3-10,13,15,19-20H,1-2,11-12H2. The predicted molar refractivity (Wildman–Crippen MR) is 91.0 cm³/mol. The maximum Gasteiger partial charge on any atom is 0.269 e. The maximum absolute atomic E-state index is 10.7. The van der Waals surface area contributed by atoms with Crippen LogP contribution in [0.25, 0.3) is 0 Å². The third kappa shape index (κ3) is 2.81. The highest BCUT2D eigenvalue weighted by molar-refractivity contribution is 5.61. The van der Waals surface area contributed by atoms with Crippen molar-refractivity contribution in [2.75, 3.05) is 5.32 Å². The van der Waals surface area contributed by atoms with Gasteiger partial charge in [-0.05, 0) is 66.8 Å². The summed E-state index contributed by atoms with van der Waals surface area (Å²) >= 11 is 0. The summed E-state index contributed by atoms with van der Waals surface area (Å²) < 4.78 is 0. The van der Waals surface area contributed by atoms with Crippen molar-refractivity contribution in [2.24, 2.45) is 11.8 Å². The van der Waals surface area contributed by atoms with E-state index in [4.69, 9.17) is 0 Å². The number of benzene rings is 2. The molecule has 0 saturated heterocycles. The van der Waals surface area contributed by atoms with Crippen LogP contribution in [0.2, 0.25) is 0 Å². The molecule has 0 radical (unpaired) electrons. The Morgan fingerprint density at radius 1 is 0.913 bits per heavy atom. The Labute approximate surface area is 135 Å². The van der Waals surface area contributed by atoms with E-state index in [-0.39, 0.29) is 10.6 Å². The monoisotopic (exact) mass is 308 g/mol. The van der Waals surface area contributed by atoms with Crippen LogP contribution < -0.4 is 5.32 Å². The molecule has 0 aromatic heterocycles. The first-order chi connectivity index (χ1) is 11.2. The maximum atomic E-state index is 10.7. The first-order valence-electron chi connectivity index (χ1n) is 8.30. The van der Waals surface area contributed by atoms with Crippen LogP contribution in [0.15, 0.2) is 48.5 Å². The van der Waals surface area contributed by atoms with E-state index in [1.54, 1.807) is 12.1 Å². The van der Waals surface area contributed by atoms with Gasteiger partial charge in [0.25, 0.3) is 5.69 Å². The van der Waals surface area contributed by atoms with Crippen LogP contribution in [0, 0.1) is 22.0 Å². The highest BCUT2D eigenvalue weighted by atomic mass is 16.6. The predicted octanol–water partition coefficient (Wildman–Crippen LogP) is 5.24. The Morgan fingerprint density at radius 2 is 1.57 bits per heavy atom. The molecule has 3 atom stereocenters. The number of anilines is 2. The molecule has 3 unspecified atom stereocenters. The topological polar surface area (TPSA) is 55.2 Å². The van der Waals surface area contributed by atoms with Crippen molar-refractivity contribution in [1.82, 2.24) is 0 Å². The fraction of sp³-hybridized carbons (Fsp3) is 0.368. The number of nitrogens with zero attached hydrogens (tertiary/aromatic N) is 1. The van der Waals surface area contributed by atoms with Crippen molar-refractivity contribution < 1.29 is 4.92 Å². The van der Waals surface area contributed by atoms with Crippen LogP contribution in [0.5, 0.6) is 0 Å². The Balaban J connectivity index is 1.45. The van der Waals surface area contributed by atoms with E-state index in [1.165, 1.54) is 43.4 Å². The molecule has 0 aliphatic heterocycles. The fourth-order valence-corrected chi connectivity index (χ4v) is 4.30. The molecule has 4 nitrogen and oxygen atoms in total. The minimum atomic E-state index is -0.381. The van der Waals surface area contributed by atoms with Gasteiger partial charge >= 0.3 is 0 Å². The lowest BCUT2D eigenvalue weighted by molar-refractivity contribution is -0.384. The highest BCUT2D eigenvalue weighted by Gasteiger charge is 2.39. The summed E-state index contributed by atoms with van der Waals surface area (Å²) in [6, 6.07) is 15.2. The summed E-state index contributed by atoms with van der Waals surface area (Å²) in [5, 5.41) is 14.0. The van der Waals surface area contributed by atoms with Crippen molar-refractivity contribution in [1.29, 1.82) is 0 Å². The second kappa shape index (κ2) is 5.69. The first-order valence-corrected chi connectivity index (χ1v) is 8.30. The molecule has 4 heteroatoms. The van der Waals surface area contributed by atoms with E-state index in [9.17, 15) is 10.1 Å². The van der Waals surface area contributed by atoms with E-state index in [1.807, 2.05) is 0 Å². The first kappa shape index (κ1) is 14.2. The second-order valence-corrected chi connectivity index (χ2v) is 6.83. The quantitative estimate of drug-likeness (QED) is 0.620. The van der Waals surface area contributed by atoms with Gasteiger partial charge in [-0.25, -0.2) is 0 Å². The van der Waals surface area contributed by atoms with Crippen molar-refractivity contribution in [3.05, 3.63) is 64.2 Å². The molecule has 1 N–H and O–H groups in total. The van der Waals surface area contributed by atoms with Crippen LogP contribution in [0.4, 0.5) is 17.1 Å². The smallest absolute Gasteiger partial charge is 0.269 e. The zero-order valence-corrected chi connectivity index (χ0v) is 12.9. The number of non-ortho nitro benzene ring substituents is 1. The number of nitro groups is 1. The summed E-state index contributed by atoms with van der Waals surface area (Å²) in [7, 11) is 0. The number of hydrogen-bond donors (Lipinski definition) is 1. The van der Waals surface area contributed by atoms with Gasteiger partial charge in [0, 0.05) is 23.5 Å². The van der Waals surface area contributed by atoms with Crippen LogP contribution in [0.3, 0.4) is 0 Å². The highest BCUT2D eigenvalue weighted by Crippen LogP contribution is 2.52. The minimum absolute atomic E-state index is 0.113. The van der Waals surface area contributed by atoms with Crippen molar-refractivity contribution in [2.45, 2.75) is 31.6 Å². The van der Waals surface area contributed by atoms with Crippen molar-refractivity contribution in [3.8, 4) is 0 Å². The number of nitrogens with one attached hydrogen (secondary N) is 1. The molecule has 23 heavy (non-hydrogen) atoms. The van der Waals surface area contributed by atoms with E-state index < -0.39 is 0 Å². The van der Waals surface area contributed by atoms with Crippen LogP contribution in [0.1, 0.15) is 37.2 Å². The normalized spacial score (nSPS) is 25.5. The van der Waals surface area contributed by atoms with Crippen molar-refractivity contribution >= 4 is 17.1 Å². The lowest BCUT2D eigenvalue weighted by Crippen LogP contribution is -2.08. The number of nitro benzene ring substituents is 1. The van der Waals surface area contributed by atoms with Gasteiger partial charge in [0.15, 0.2) is 0 Å². The van der Waals surface area contributed by atoms with E-state index >= 15 is 0 Å². The molecule has 2 aromatic rings. The molecule has 2 aliphatic carbocycles.